The lowest BCUT2D eigenvalue weighted by atomic mass is 10.0. The van der Waals surface area contributed by atoms with E-state index in [1.54, 1.807) is 6.20 Å². The average molecular weight is 536 g/mol. The lowest BCUT2D eigenvalue weighted by Gasteiger charge is -2.38. The molecular weight excluding hydrogens is 498 g/mol. The monoisotopic (exact) mass is 535 g/mol. The van der Waals surface area contributed by atoms with Gasteiger partial charge in [-0.15, -0.1) is 0 Å². The molecule has 2 aromatic rings. The molecule has 2 heterocycles. The van der Waals surface area contributed by atoms with E-state index in [1.165, 1.54) is 0 Å². The van der Waals surface area contributed by atoms with Crippen molar-refractivity contribution in [3.63, 3.8) is 0 Å². The minimum absolute atomic E-state index is 0.111. The molecule has 1 unspecified atom stereocenters. The van der Waals surface area contributed by atoms with Crippen molar-refractivity contribution >= 4 is 44.2 Å². The van der Waals surface area contributed by atoms with E-state index in [4.69, 9.17) is 14.6 Å². The molecule has 1 aliphatic rings. The van der Waals surface area contributed by atoms with Crippen LogP contribution in [0.3, 0.4) is 0 Å². The van der Waals surface area contributed by atoms with Crippen molar-refractivity contribution in [3.8, 4) is 0 Å². The number of benzene rings is 1. The number of amidine groups is 1. The number of para-hydroxylation sites is 1. The summed E-state index contributed by atoms with van der Waals surface area (Å²) in [5.74, 6) is 0.622. The molecule has 1 aromatic carbocycles. The van der Waals surface area contributed by atoms with Crippen molar-refractivity contribution in [2.24, 2.45) is 4.99 Å². The van der Waals surface area contributed by atoms with Crippen molar-refractivity contribution < 1.29 is 27.9 Å². The first-order valence-electron chi connectivity index (χ1n) is 12.5. The van der Waals surface area contributed by atoms with Crippen LogP contribution in [0, 0.1) is 0 Å². The van der Waals surface area contributed by atoms with Gasteiger partial charge in [-0.1, -0.05) is 29.6 Å². The van der Waals surface area contributed by atoms with Crippen molar-refractivity contribution in [1.82, 2.24) is 19.7 Å². The standard InChI is InChI=1S/C25H37N5O6S/c1-5-35-17-22-28-21-16-27-20-13-9-8-12-19(20)23(21)30(22,18-25(2,3)29-37(4,33)34)36-15-11-7-6-10-14-26-24(31)32/h8-9,12-13,16,26,29H,5-7,10-11,14-15,17-18H2,1-4H3. The topological polar surface area (TPSA) is 142 Å². The first-order valence-corrected chi connectivity index (χ1v) is 14.4. The van der Waals surface area contributed by atoms with Gasteiger partial charge in [-0.3, -0.25) is 4.98 Å². The highest BCUT2D eigenvalue weighted by Gasteiger charge is 2.52. The molecule has 0 saturated heterocycles. The van der Waals surface area contributed by atoms with E-state index < -0.39 is 21.7 Å². The van der Waals surface area contributed by atoms with Gasteiger partial charge in [0.2, 0.25) is 15.7 Å². The maximum Gasteiger partial charge on any atom is 0.268 e. The summed E-state index contributed by atoms with van der Waals surface area (Å²) < 4.78 is 32.8. The van der Waals surface area contributed by atoms with Crippen LogP contribution in [0.5, 0.6) is 0 Å². The number of unbranched alkanes of at least 4 members (excludes halogenated alkanes) is 3. The fourth-order valence-electron chi connectivity index (χ4n) is 4.69. The van der Waals surface area contributed by atoms with Crippen LogP contribution in [0.4, 0.5) is 16.2 Å². The number of aliphatic imine (C=N–C) groups is 1. The highest BCUT2D eigenvalue weighted by molar-refractivity contribution is 7.88. The van der Waals surface area contributed by atoms with E-state index >= 15 is 0 Å². The third-order valence-electron chi connectivity index (χ3n) is 5.92. The Balaban J connectivity index is 1.94. The van der Waals surface area contributed by atoms with Gasteiger partial charge in [-0.25, -0.2) is 13.1 Å². The number of rotatable bonds is 15. The predicted octanol–water partition coefficient (Wildman–Crippen LogP) is 2.37. The molecule has 1 aliphatic heterocycles. The zero-order valence-corrected chi connectivity index (χ0v) is 22.8. The summed E-state index contributed by atoms with van der Waals surface area (Å²) in [5.41, 5.74) is 1.37. The van der Waals surface area contributed by atoms with Gasteiger partial charge < -0.3 is 20.0 Å². The summed E-state index contributed by atoms with van der Waals surface area (Å²) >= 11 is 0. The number of fused-ring (bicyclic) bond motifs is 3. The molecule has 11 nitrogen and oxygen atoms in total. The van der Waals surface area contributed by atoms with E-state index in [0.29, 0.717) is 37.7 Å². The Morgan fingerprint density at radius 3 is 2.59 bits per heavy atom. The number of ether oxygens (including phenoxy) is 1. The molecule has 204 valence electrons. The summed E-state index contributed by atoms with van der Waals surface area (Å²) in [6, 6.07) is 7.74. The predicted molar refractivity (Wildman–Crippen MR) is 142 cm³/mol. The van der Waals surface area contributed by atoms with Crippen LogP contribution < -0.4 is 19.8 Å². The zero-order valence-electron chi connectivity index (χ0n) is 22.0. The molecule has 0 fully saturated rings. The number of sulfonamides is 1. The van der Waals surface area contributed by atoms with Gasteiger partial charge in [0.1, 0.15) is 25.9 Å². The highest BCUT2D eigenvalue weighted by atomic mass is 32.2. The smallest absolute Gasteiger partial charge is 0.268 e. The number of hydroxylamine groups is 2. The van der Waals surface area contributed by atoms with Gasteiger partial charge in [-0.05, 0) is 45.7 Å². The molecule has 3 rings (SSSR count). The minimum Gasteiger partial charge on any atom is -0.530 e. The number of nitrogens with zero attached hydrogens (tertiary/aromatic N) is 3. The Morgan fingerprint density at radius 2 is 1.89 bits per heavy atom. The molecule has 1 aromatic heterocycles. The Labute approximate surface area is 218 Å². The second-order valence-electron chi connectivity index (χ2n) is 9.79. The summed E-state index contributed by atoms with van der Waals surface area (Å²) in [4.78, 5) is 26.6. The van der Waals surface area contributed by atoms with Gasteiger partial charge in [0.15, 0.2) is 5.69 Å². The second kappa shape index (κ2) is 12.3. The minimum atomic E-state index is -3.50. The fraction of sp³-hybridized carbons (Fsp3) is 0.560. The van der Waals surface area contributed by atoms with Gasteiger partial charge in [0, 0.05) is 13.2 Å². The molecule has 0 bridgehead atoms. The molecule has 0 saturated carbocycles. The van der Waals surface area contributed by atoms with Crippen LogP contribution >= 0.6 is 0 Å². The summed E-state index contributed by atoms with van der Waals surface area (Å²) in [6.07, 6.45) is 4.68. The number of carboxylic acid groups (broad SMARTS) is 1. The van der Waals surface area contributed by atoms with E-state index in [1.807, 2.05) is 45.0 Å². The number of amides is 1. The van der Waals surface area contributed by atoms with E-state index in [2.05, 4.69) is 15.0 Å². The maximum absolute atomic E-state index is 12.2. The number of nitrogens with one attached hydrogen (secondary N) is 2. The number of aromatic nitrogens is 1. The summed E-state index contributed by atoms with van der Waals surface area (Å²) in [6.45, 7) is 7.21. The van der Waals surface area contributed by atoms with Crippen molar-refractivity contribution in [2.45, 2.75) is 52.0 Å². The Kier molecular flexibility index (Phi) is 9.59. The second-order valence-corrected chi connectivity index (χ2v) is 11.5. The number of pyridine rings is 1. The first kappa shape index (κ1) is 28.9. The average Bonchev–Trinajstić information content (AvgIpc) is 3.10. The van der Waals surface area contributed by atoms with Crippen molar-refractivity contribution in [3.05, 3.63) is 30.5 Å². The number of carbonyl (C=O) groups is 1. The van der Waals surface area contributed by atoms with E-state index in [-0.39, 0.29) is 17.8 Å². The van der Waals surface area contributed by atoms with E-state index in [0.717, 1.165) is 42.1 Å². The molecule has 0 aliphatic carbocycles. The van der Waals surface area contributed by atoms with Crippen LogP contribution in [0.25, 0.3) is 10.9 Å². The lowest BCUT2D eigenvalue weighted by molar-refractivity contribution is -0.250. The van der Waals surface area contributed by atoms with Crippen LogP contribution in [-0.2, 0) is 19.6 Å². The number of hydrogen-bond acceptors (Lipinski definition) is 8. The Hall–Kier alpha value is -2.64. The van der Waals surface area contributed by atoms with Crippen LogP contribution in [0.2, 0.25) is 0 Å². The fourth-order valence-corrected chi connectivity index (χ4v) is 5.76. The number of hydrogen-bond donors (Lipinski definition) is 2. The molecule has 2 N–H and O–H groups in total. The lowest BCUT2D eigenvalue weighted by Crippen LogP contribution is -2.63. The first-order chi connectivity index (χ1) is 17.5. The van der Waals surface area contributed by atoms with Crippen LogP contribution in [-0.4, -0.2) is 70.0 Å². The third-order valence-corrected chi connectivity index (χ3v) is 6.85. The number of carbonyl (C=O) groups excluding carboxylic acids is 1. The normalized spacial score (nSPS) is 17.6. The van der Waals surface area contributed by atoms with Crippen LogP contribution in [0.1, 0.15) is 46.5 Å². The van der Waals surface area contributed by atoms with Gasteiger partial charge in [0.25, 0.3) is 5.84 Å². The van der Waals surface area contributed by atoms with Crippen molar-refractivity contribution in [2.75, 3.05) is 39.2 Å². The molecule has 12 heteroatoms. The SMILES string of the molecule is CCOCC1=Nc2cnc3ccccc3c2[N+]1(CC(C)(C)NS(C)(=O)=O)OCCCCCCNC(=O)[O-]. The van der Waals surface area contributed by atoms with Gasteiger partial charge >= 0.3 is 0 Å². The molecule has 0 spiro atoms. The maximum atomic E-state index is 12.2. The number of quaternary nitrogens is 1. The van der Waals surface area contributed by atoms with Gasteiger partial charge in [0.05, 0.1) is 28.9 Å². The zero-order chi connectivity index (χ0) is 27.1. The molecular formula is C25H37N5O6S. The highest BCUT2D eigenvalue weighted by Crippen LogP contribution is 2.46. The summed E-state index contributed by atoms with van der Waals surface area (Å²) in [5, 5.41) is 13.6. The molecule has 0 radical (unpaired) electrons. The Morgan fingerprint density at radius 1 is 1.16 bits per heavy atom. The van der Waals surface area contributed by atoms with E-state index in [9.17, 15) is 18.3 Å². The largest absolute Gasteiger partial charge is 0.530 e. The molecule has 37 heavy (non-hydrogen) atoms. The quantitative estimate of drug-likeness (QED) is 0.263. The Bertz CT molecular complexity index is 1230. The summed E-state index contributed by atoms with van der Waals surface area (Å²) in [7, 11) is -3.50. The molecule has 1 amide bonds. The van der Waals surface area contributed by atoms with Crippen molar-refractivity contribution in [1.29, 1.82) is 0 Å². The van der Waals surface area contributed by atoms with Gasteiger partial charge in [-0.2, -0.15) is 9.83 Å². The van der Waals surface area contributed by atoms with Crippen LogP contribution in [0.15, 0.2) is 35.5 Å². The molecule has 1 atom stereocenters. The third kappa shape index (κ3) is 7.68.